The van der Waals surface area contributed by atoms with E-state index in [4.69, 9.17) is 15.2 Å². The molecule has 0 heterocycles. The molecule has 0 radical (unpaired) electrons. The molecular formula is C15H14F3NO2. The number of alkyl halides is 3. The van der Waals surface area contributed by atoms with Gasteiger partial charge in [-0.1, -0.05) is 6.07 Å². The Kier molecular flexibility index (Phi) is 4.26. The molecule has 0 saturated heterocycles. The van der Waals surface area contributed by atoms with Crippen molar-refractivity contribution < 1.29 is 22.6 Å². The minimum absolute atomic E-state index is 0.0235. The highest BCUT2D eigenvalue weighted by atomic mass is 19.4. The predicted octanol–water partition coefficient (Wildman–Crippen LogP) is 3.88. The third-order valence-electron chi connectivity index (χ3n) is 2.89. The normalized spacial score (nSPS) is 11.2. The number of hydrogen-bond acceptors (Lipinski definition) is 3. The Labute approximate surface area is 120 Å². The summed E-state index contributed by atoms with van der Waals surface area (Å²) in [4.78, 5) is 0. The van der Waals surface area contributed by atoms with Crippen molar-refractivity contribution in [3.8, 4) is 11.5 Å². The summed E-state index contributed by atoms with van der Waals surface area (Å²) in [6, 6.07) is 10.5. The first kappa shape index (κ1) is 15.0. The number of benzene rings is 2. The quantitative estimate of drug-likeness (QED) is 0.871. The molecular weight excluding hydrogens is 283 g/mol. The topological polar surface area (TPSA) is 44.5 Å². The third kappa shape index (κ3) is 3.81. The van der Waals surface area contributed by atoms with Gasteiger partial charge in [0.2, 0.25) is 0 Å². The molecule has 3 nitrogen and oxygen atoms in total. The molecule has 0 aromatic heterocycles. The standard InChI is InChI=1S/C15H14F3NO2/c1-20-11-3-5-12(6-4-11)21-9-10-2-7-14(19)13(8-10)15(16,17)18/h2-8H,9,19H2,1H3. The van der Waals surface area contributed by atoms with Gasteiger partial charge >= 0.3 is 6.18 Å². The molecule has 0 saturated carbocycles. The maximum atomic E-state index is 12.7. The van der Waals surface area contributed by atoms with Crippen molar-refractivity contribution in [3.05, 3.63) is 53.6 Å². The predicted molar refractivity (Wildman–Crippen MR) is 73.2 cm³/mol. The summed E-state index contributed by atoms with van der Waals surface area (Å²) < 4.78 is 48.7. The number of ether oxygens (including phenoxy) is 2. The highest BCUT2D eigenvalue weighted by molar-refractivity contribution is 5.50. The minimum atomic E-state index is -4.47. The third-order valence-corrected chi connectivity index (χ3v) is 2.89. The second kappa shape index (κ2) is 5.95. The van der Waals surface area contributed by atoms with Crippen molar-refractivity contribution in [2.45, 2.75) is 12.8 Å². The summed E-state index contributed by atoms with van der Waals surface area (Å²) in [6.07, 6.45) is -4.47. The fourth-order valence-corrected chi connectivity index (χ4v) is 1.78. The Bertz CT molecular complexity index is 609. The van der Waals surface area contributed by atoms with Crippen molar-refractivity contribution in [2.75, 3.05) is 12.8 Å². The molecule has 0 atom stereocenters. The van der Waals surface area contributed by atoms with Crippen LogP contribution in [0.15, 0.2) is 42.5 Å². The second-order valence-electron chi connectivity index (χ2n) is 4.38. The van der Waals surface area contributed by atoms with E-state index in [0.717, 1.165) is 6.07 Å². The van der Waals surface area contributed by atoms with Gasteiger partial charge in [-0.3, -0.25) is 0 Å². The summed E-state index contributed by atoms with van der Waals surface area (Å²) in [7, 11) is 1.54. The number of methoxy groups -OCH3 is 1. The second-order valence-corrected chi connectivity index (χ2v) is 4.38. The van der Waals surface area contributed by atoms with E-state index >= 15 is 0 Å². The van der Waals surface area contributed by atoms with E-state index in [0.29, 0.717) is 17.1 Å². The summed E-state index contributed by atoms with van der Waals surface area (Å²) in [5.74, 6) is 1.22. The first-order chi connectivity index (χ1) is 9.90. The molecule has 2 aromatic rings. The number of nitrogens with two attached hydrogens (primary N) is 1. The van der Waals surface area contributed by atoms with Gasteiger partial charge in [0, 0.05) is 5.69 Å². The van der Waals surface area contributed by atoms with Crippen LogP contribution >= 0.6 is 0 Å². The highest BCUT2D eigenvalue weighted by Gasteiger charge is 2.33. The van der Waals surface area contributed by atoms with Crippen LogP contribution in [0.2, 0.25) is 0 Å². The maximum absolute atomic E-state index is 12.7. The lowest BCUT2D eigenvalue weighted by atomic mass is 10.1. The molecule has 0 spiro atoms. The summed E-state index contributed by atoms with van der Waals surface area (Å²) >= 11 is 0. The van der Waals surface area contributed by atoms with Gasteiger partial charge in [-0.25, -0.2) is 0 Å². The average Bonchev–Trinajstić information content (AvgIpc) is 2.45. The summed E-state index contributed by atoms with van der Waals surface area (Å²) in [6.45, 7) is 0.0235. The van der Waals surface area contributed by atoms with Gasteiger partial charge in [-0.15, -0.1) is 0 Å². The van der Waals surface area contributed by atoms with Crippen LogP contribution in [0.1, 0.15) is 11.1 Å². The Morgan fingerprint density at radius 3 is 2.19 bits per heavy atom. The monoisotopic (exact) mass is 297 g/mol. The maximum Gasteiger partial charge on any atom is 0.418 e. The first-order valence-electron chi connectivity index (χ1n) is 6.12. The summed E-state index contributed by atoms with van der Waals surface area (Å²) in [5, 5.41) is 0. The van der Waals surface area contributed by atoms with Crippen LogP contribution in [0.3, 0.4) is 0 Å². The zero-order chi connectivity index (χ0) is 15.5. The van der Waals surface area contributed by atoms with Crippen molar-refractivity contribution >= 4 is 5.69 Å². The smallest absolute Gasteiger partial charge is 0.418 e. The van der Waals surface area contributed by atoms with Gasteiger partial charge in [0.25, 0.3) is 0 Å². The Morgan fingerprint density at radius 1 is 1.00 bits per heavy atom. The first-order valence-corrected chi connectivity index (χ1v) is 6.12. The molecule has 2 N–H and O–H groups in total. The van der Waals surface area contributed by atoms with E-state index in [9.17, 15) is 13.2 Å². The SMILES string of the molecule is COc1ccc(OCc2ccc(N)c(C(F)(F)F)c2)cc1. The molecule has 2 rings (SSSR count). The highest BCUT2D eigenvalue weighted by Crippen LogP contribution is 2.34. The summed E-state index contributed by atoms with van der Waals surface area (Å²) in [5.41, 5.74) is 4.59. The Morgan fingerprint density at radius 2 is 1.62 bits per heavy atom. The van der Waals surface area contributed by atoms with Gasteiger partial charge in [-0.2, -0.15) is 13.2 Å². The number of halogens is 3. The number of rotatable bonds is 4. The Balaban J connectivity index is 2.09. The molecule has 112 valence electrons. The van der Waals surface area contributed by atoms with Crippen molar-refractivity contribution in [1.82, 2.24) is 0 Å². The molecule has 6 heteroatoms. The van der Waals surface area contributed by atoms with Gasteiger partial charge in [0.05, 0.1) is 12.7 Å². The molecule has 0 unspecified atom stereocenters. The lowest BCUT2D eigenvalue weighted by Gasteiger charge is -2.12. The minimum Gasteiger partial charge on any atom is -0.497 e. The number of nitrogen functional groups attached to an aromatic ring is 1. The fourth-order valence-electron chi connectivity index (χ4n) is 1.78. The van der Waals surface area contributed by atoms with Crippen molar-refractivity contribution in [2.24, 2.45) is 0 Å². The van der Waals surface area contributed by atoms with E-state index in [1.807, 2.05) is 0 Å². The fraction of sp³-hybridized carbons (Fsp3) is 0.200. The molecule has 0 fully saturated rings. The number of anilines is 1. The van der Waals surface area contributed by atoms with Crippen LogP contribution in [0.25, 0.3) is 0 Å². The zero-order valence-corrected chi connectivity index (χ0v) is 11.3. The average molecular weight is 297 g/mol. The van der Waals surface area contributed by atoms with Crippen LogP contribution in [0, 0.1) is 0 Å². The van der Waals surface area contributed by atoms with Crippen molar-refractivity contribution in [1.29, 1.82) is 0 Å². The molecule has 21 heavy (non-hydrogen) atoms. The van der Waals surface area contributed by atoms with E-state index < -0.39 is 11.7 Å². The van der Waals surface area contributed by atoms with Crippen LogP contribution in [0.5, 0.6) is 11.5 Å². The van der Waals surface area contributed by atoms with E-state index in [-0.39, 0.29) is 12.3 Å². The molecule has 2 aromatic carbocycles. The lowest BCUT2D eigenvalue weighted by Crippen LogP contribution is -2.10. The van der Waals surface area contributed by atoms with Gasteiger partial charge < -0.3 is 15.2 Å². The van der Waals surface area contributed by atoms with Crippen LogP contribution in [-0.4, -0.2) is 7.11 Å². The van der Waals surface area contributed by atoms with E-state index in [1.54, 1.807) is 31.4 Å². The molecule has 0 aliphatic heterocycles. The van der Waals surface area contributed by atoms with Crippen LogP contribution in [-0.2, 0) is 12.8 Å². The zero-order valence-electron chi connectivity index (χ0n) is 11.3. The molecule has 0 aliphatic carbocycles. The van der Waals surface area contributed by atoms with E-state index in [1.165, 1.54) is 12.1 Å². The van der Waals surface area contributed by atoms with Crippen LogP contribution < -0.4 is 15.2 Å². The van der Waals surface area contributed by atoms with Crippen molar-refractivity contribution in [3.63, 3.8) is 0 Å². The molecule has 0 aliphatic rings. The largest absolute Gasteiger partial charge is 0.497 e. The molecule has 0 bridgehead atoms. The van der Waals surface area contributed by atoms with Gasteiger partial charge in [-0.05, 0) is 42.0 Å². The lowest BCUT2D eigenvalue weighted by molar-refractivity contribution is -0.137. The van der Waals surface area contributed by atoms with E-state index in [2.05, 4.69) is 0 Å². The Hall–Kier alpha value is -2.37. The van der Waals surface area contributed by atoms with Crippen LogP contribution in [0.4, 0.5) is 18.9 Å². The van der Waals surface area contributed by atoms with Gasteiger partial charge in [0.1, 0.15) is 18.1 Å². The van der Waals surface area contributed by atoms with Gasteiger partial charge in [0.15, 0.2) is 0 Å². The molecule has 0 amide bonds. The number of hydrogen-bond donors (Lipinski definition) is 1.